The number of nitrogens with two attached hydrogens (primary N) is 1. The third-order valence-electron chi connectivity index (χ3n) is 3.67. The zero-order valence-electron chi connectivity index (χ0n) is 11.0. The van der Waals surface area contributed by atoms with Gasteiger partial charge in [-0.15, -0.1) is 0 Å². The van der Waals surface area contributed by atoms with E-state index in [9.17, 15) is 12.8 Å². The van der Waals surface area contributed by atoms with Gasteiger partial charge in [-0.25, -0.2) is 12.8 Å². The summed E-state index contributed by atoms with van der Waals surface area (Å²) in [5.41, 5.74) is 3.32. The average molecular weight is 365 g/mol. The third-order valence-corrected chi connectivity index (χ3v) is 6.47. The van der Waals surface area contributed by atoms with Crippen molar-refractivity contribution in [2.45, 2.75) is 37.0 Å². The molecule has 0 bridgehead atoms. The molecule has 3 N–H and O–H groups in total. The van der Waals surface area contributed by atoms with Crippen molar-refractivity contribution in [3.63, 3.8) is 0 Å². The van der Waals surface area contributed by atoms with Crippen LogP contribution in [-0.2, 0) is 16.3 Å². The van der Waals surface area contributed by atoms with Gasteiger partial charge in [0.2, 0.25) is 0 Å². The van der Waals surface area contributed by atoms with Crippen LogP contribution in [0.3, 0.4) is 0 Å². The summed E-state index contributed by atoms with van der Waals surface area (Å²) >= 11 is 3.23. The van der Waals surface area contributed by atoms with E-state index in [0.29, 0.717) is 23.7 Å². The monoisotopic (exact) mass is 364 g/mol. The van der Waals surface area contributed by atoms with Crippen LogP contribution in [0.1, 0.15) is 24.8 Å². The van der Waals surface area contributed by atoms with E-state index in [1.54, 1.807) is 6.07 Å². The summed E-state index contributed by atoms with van der Waals surface area (Å²) in [5.74, 6) is 5.39. The van der Waals surface area contributed by atoms with Gasteiger partial charge >= 0.3 is 0 Å². The van der Waals surface area contributed by atoms with Crippen molar-refractivity contribution in [1.82, 2.24) is 5.43 Å². The van der Waals surface area contributed by atoms with Gasteiger partial charge in [0, 0.05) is 10.5 Å². The molecule has 1 aliphatic heterocycles. The van der Waals surface area contributed by atoms with E-state index in [0.717, 1.165) is 12.0 Å². The molecule has 1 heterocycles. The Kier molecular flexibility index (Phi) is 5.17. The highest BCUT2D eigenvalue weighted by Gasteiger charge is 2.35. The van der Waals surface area contributed by atoms with Crippen LogP contribution in [0.5, 0.6) is 0 Å². The Morgan fingerprint density at radius 3 is 2.75 bits per heavy atom. The summed E-state index contributed by atoms with van der Waals surface area (Å²) in [4.78, 5) is 0. The van der Waals surface area contributed by atoms with Crippen LogP contribution in [0.25, 0.3) is 0 Å². The molecule has 0 aliphatic carbocycles. The van der Waals surface area contributed by atoms with Crippen molar-refractivity contribution < 1.29 is 12.8 Å². The molecule has 20 heavy (non-hydrogen) atoms. The van der Waals surface area contributed by atoms with Crippen LogP contribution in [0, 0.1) is 5.82 Å². The predicted molar refractivity (Wildman–Crippen MR) is 80.3 cm³/mol. The van der Waals surface area contributed by atoms with Crippen molar-refractivity contribution >= 4 is 25.8 Å². The summed E-state index contributed by atoms with van der Waals surface area (Å²) in [6.45, 7) is 0. The second-order valence-electron chi connectivity index (χ2n) is 5.16. The van der Waals surface area contributed by atoms with E-state index in [-0.39, 0.29) is 11.6 Å². The van der Waals surface area contributed by atoms with Crippen molar-refractivity contribution in [2.24, 2.45) is 5.84 Å². The minimum Gasteiger partial charge on any atom is -0.271 e. The second-order valence-corrected chi connectivity index (χ2v) is 8.41. The Morgan fingerprint density at radius 2 is 2.15 bits per heavy atom. The summed E-state index contributed by atoms with van der Waals surface area (Å²) in [5, 5.41) is -0.497. The summed E-state index contributed by atoms with van der Waals surface area (Å²) in [6, 6.07) is 4.16. The van der Waals surface area contributed by atoms with Crippen molar-refractivity contribution in [1.29, 1.82) is 0 Å². The van der Waals surface area contributed by atoms with Crippen molar-refractivity contribution in [2.75, 3.05) is 5.75 Å². The Balaban J connectivity index is 2.20. The van der Waals surface area contributed by atoms with Gasteiger partial charge in [-0.05, 0) is 43.0 Å². The average Bonchev–Trinajstić information content (AvgIpc) is 2.35. The molecule has 112 valence electrons. The first-order valence-corrected chi connectivity index (χ1v) is 9.06. The first-order chi connectivity index (χ1) is 9.42. The highest BCUT2D eigenvalue weighted by molar-refractivity contribution is 9.10. The lowest BCUT2D eigenvalue weighted by atomic mass is 10.00. The van der Waals surface area contributed by atoms with Gasteiger partial charge in [0.1, 0.15) is 5.82 Å². The lowest BCUT2D eigenvalue weighted by Crippen LogP contribution is -2.50. The third kappa shape index (κ3) is 3.78. The van der Waals surface area contributed by atoms with Gasteiger partial charge in [-0.1, -0.05) is 22.4 Å². The van der Waals surface area contributed by atoms with E-state index in [1.165, 1.54) is 12.1 Å². The fourth-order valence-corrected chi connectivity index (χ4v) is 5.33. The predicted octanol–water partition coefficient (Wildman–Crippen LogP) is 1.93. The van der Waals surface area contributed by atoms with Gasteiger partial charge in [0.25, 0.3) is 0 Å². The number of hydrazine groups is 1. The largest absolute Gasteiger partial charge is 0.271 e. The Morgan fingerprint density at radius 1 is 1.40 bits per heavy atom. The maximum Gasteiger partial charge on any atom is 0.154 e. The van der Waals surface area contributed by atoms with Crippen LogP contribution < -0.4 is 11.3 Å². The summed E-state index contributed by atoms with van der Waals surface area (Å²) in [6.07, 6.45) is 2.58. The quantitative estimate of drug-likeness (QED) is 0.632. The normalized spacial score (nSPS) is 23.4. The molecule has 2 rings (SSSR count). The molecule has 1 fully saturated rings. The van der Waals surface area contributed by atoms with Gasteiger partial charge in [0.15, 0.2) is 9.84 Å². The minimum absolute atomic E-state index is 0.211. The number of halogens is 2. The lowest BCUT2D eigenvalue weighted by Gasteiger charge is -2.29. The van der Waals surface area contributed by atoms with E-state index in [1.807, 2.05) is 0 Å². The zero-order chi connectivity index (χ0) is 14.8. The van der Waals surface area contributed by atoms with E-state index >= 15 is 0 Å². The molecule has 0 radical (unpaired) electrons. The number of rotatable bonds is 4. The summed E-state index contributed by atoms with van der Waals surface area (Å²) in [7, 11) is -3.12. The zero-order valence-corrected chi connectivity index (χ0v) is 13.4. The molecule has 2 atom stereocenters. The molecule has 0 aromatic heterocycles. The maximum atomic E-state index is 13.4. The van der Waals surface area contributed by atoms with Crippen LogP contribution in [0.15, 0.2) is 22.7 Å². The molecule has 0 spiro atoms. The molecule has 1 aromatic rings. The molecule has 2 unspecified atom stereocenters. The molecular weight excluding hydrogens is 347 g/mol. The van der Waals surface area contributed by atoms with Gasteiger partial charge in [-0.2, -0.15) is 0 Å². The highest BCUT2D eigenvalue weighted by atomic mass is 79.9. The molecule has 4 nitrogen and oxygen atoms in total. The van der Waals surface area contributed by atoms with Crippen LogP contribution >= 0.6 is 15.9 Å². The first-order valence-electron chi connectivity index (χ1n) is 6.55. The number of hydrogen-bond acceptors (Lipinski definition) is 4. The minimum atomic E-state index is -3.12. The molecule has 1 aromatic carbocycles. The highest BCUT2D eigenvalue weighted by Crippen LogP contribution is 2.25. The standard InChI is InChI=1S/C13H18BrFN2O2S/c14-10-5-9(6-11(15)8-10)7-12(17-16)13-3-1-2-4-20(13,18)19/h5-6,8,12-13,17H,1-4,7,16H2. The molecule has 1 aliphatic rings. The van der Waals surface area contributed by atoms with E-state index < -0.39 is 21.1 Å². The fraction of sp³-hybridized carbons (Fsp3) is 0.538. The van der Waals surface area contributed by atoms with Gasteiger partial charge < -0.3 is 0 Å². The maximum absolute atomic E-state index is 13.4. The van der Waals surface area contributed by atoms with Crippen LogP contribution in [0.2, 0.25) is 0 Å². The number of nitrogens with one attached hydrogen (secondary N) is 1. The molecule has 0 saturated carbocycles. The van der Waals surface area contributed by atoms with Crippen LogP contribution in [0.4, 0.5) is 4.39 Å². The van der Waals surface area contributed by atoms with E-state index in [4.69, 9.17) is 5.84 Å². The van der Waals surface area contributed by atoms with Crippen LogP contribution in [-0.4, -0.2) is 25.5 Å². The van der Waals surface area contributed by atoms with Gasteiger partial charge in [0.05, 0.1) is 11.0 Å². The molecular formula is C13H18BrFN2O2S. The van der Waals surface area contributed by atoms with Crippen molar-refractivity contribution in [3.8, 4) is 0 Å². The Bertz CT molecular complexity index is 559. The molecule has 1 saturated heterocycles. The molecule has 0 amide bonds. The Hall–Kier alpha value is -0.500. The van der Waals surface area contributed by atoms with Crippen molar-refractivity contribution in [3.05, 3.63) is 34.1 Å². The number of hydrogen-bond donors (Lipinski definition) is 2. The number of benzene rings is 1. The Labute approximate surface area is 126 Å². The topological polar surface area (TPSA) is 72.2 Å². The SMILES string of the molecule is NNC(Cc1cc(F)cc(Br)c1)C1CCCCS1(=O)=O. The van der Waals surface area contributed by atoms with E-state index in [2.05, 4.69) is 21.4 Å². The van der Waals surface area contributed by atoms with Gasteiger partial charge in [-0.3, -0.25) is 11.3 Å². The lowest BCUT2D eigenvalue weighted by molar-refractivity contribution is 0.440. The summed E-state index contributed by atoms with van der Waals surface area (Å²) < 4.78 is 38.3. The second kappa shape index (κ2) is 6.51. The molecule has 7 heteroatoms. The number of sulfone groups is 1. The fourth-order valence-electron chi connectivity index (χ4n) is 2.71. The smallest absolute Gasteiger partial charge is 0.154 e. The first kappa shape index (κ1) is 15.9.